The normalized spacial score (nSPS) is 25.6. The molecule has 4 heteroatoms. The van der Waals surface area contributed by atoms with Gasteiger partial charge in [-0.15, -0.1) is 0 Å². The van der Waals surface area contributed by atoms with Crippen LogP contribution in [-0.4, -0.2) is 50.1 Å². The van der Waals surface area contributed by atoms with Crippen molar-refractivity contribution in [2.75, 3.05) is 33.2 Å². The lowest BCUT2D eigenvalue weighted by atomic mass is 9.93. The van der Waals surface area contributed by atoms with E-state index in [4.69, 9.17) is 0 Å². The summed E-state index contributed by atoms with van der Waals surface area (Å²) < 4.78 is 0. The molecule has 0 aromatic rings. The number of rotatable bonds is 2. The van der Waals surface area contributed by atoms with Crippen molar-refractivity contribution in [2.24, 2.45) is 5.92 Å². The second-order valence-corrected chi connectivity index (χ2v) is 4.91. The molecule has 0 saturated carbocycles. The van der Waals surface area contributed by atoms with Crippen LogP contribution < -0.4 is 10.6 Å². The fraction of sp³-hybridized carbons (Fsp3) is 0.917. The third kappa shape index (κ3) is 2.74. The van der Waals surface area contributed by atoms with Gasteiger partial charge in [0.2, 0.25) is 5.91 Å². The topological polar surface area (TPSA) is 44.4 Å². The SMILES string of the molecule is CNC(=O)C1CCN(C2CCNCC2)CC1. The Labute approximate surface area is 97.8 Å². The van der Waals surface area contributed by atoms with E-state index in [0.717, 1.165) is 45.1 Å². The molecule has 0 atom stereocenters. The van der Waals surface area contributed by atoms with Crippen molar-refractivity contribution >= 4 is 5.91 Å². The van der Waals surface area contributed by atoms with Crippen LogP contribution in [0.25, 0.3) is 0 Å². The van der Waals surface area contributed by atoms with Gasteiger partial charge in [-0.3, -0.25) is 4.79 Å². The van der Waals surface area contributed by atoms with E-state index in [0.29, 0.717) is 0 Å². The zero-order chi connectivity index (χ0) is 11.4. The molecule has 0 aromatic heterocycles. The molecule has 0 aliphatic carbocycles. The van der Waals surface area contributed by atoms with Crippen molar-refractivity contribution in [2.45, 2.75) is 31.7 Å². The summed E-state index contributed by atoms with van der Waals surface area (Å²) in [7, 11) is 1.74. The molecular formula is C12H23N3O. The number of hydrogen-bond donors (Lipinski definition) is 2. The highest BCUT2D eigenvalue weighted by Gasteiger charge is 2.28. The highest BCUT2D eigenvalue weighted by Crippen LogP contribution is 2.22. The Hall–Kier alpha value is -0.610. The monoisotopic (exact) mass is 225 g/mol. The van der Waals surface area contributed by atoms with Crippen LogP contribution >= 0.6 is 0 Å². The molecule has 2 aliphatic heterocycles. The molecule has 2 rings (SSSR count). The average molecular weight is 225 g/mol. The van der Waals surface area contributed by atoms with Gasteiger partial charge in [0, 0.05) is 19.0 Å². The number of hydrogen-bond acceptors (Lipinski definition) is 3. The van der Waals surface area contributed by atoms with Crippen LogP contribution in [-0.2, 0) is 4.79 Å². The Bertz CT molecular complexity index is 230. The van der Waals surface area contributed by atoms with E-state index < -0.39 is 0 Å². The smallest absolute Gasteiger partial charge is 0.222 e. The molecule has 2 aliphatic rings. The van der Waals surface area contributed by atoms with Crippen molar-refractivity contribution in [1.82, 2.24) is 15.5 Å². The van der Waals surface area contributed by atoms with Gasteiger partial charge in [-0.25, -0.2) is 0 Å². The highest BCUT2D eigenvalue weighted by molar-refractivity contribution is 5.78. The van der Waals surface area contributed by atoms with E-state index in [1.165, 1.54) is 12.8 Å². The number of nitrogens with one attached hydrogen (secondary N) is 2. The maximum absolute atomic E-state index is 11.5. The third-order valence-corrected chi connectivity index (χ3v) is 3.97. The fourth-order valence-electron chi connectivity index (χ4n) is 2.90. The molecule has 0 radical (unpaired) electrons. The Kier molecular flexibility index (Phi) is 4.18. The van der Waals surface area contributed by atoms with E-state index in [1.807, 2.05) is 0 Å². The average Bonchev–Trinajstić information content (AvgIpc) is 2.39. The summed E-state index contributed by atoms with van der Waals surface area (Å²) >= 11 is 0. The van der Waals surface area contributed by atoms with Crippen LogP contribution in [0.3, 0.4) is 0 Å². The molecule has 2 N–H and O–H groups in total. The van der Waals surface area contributed by atoms with Crippen molar-refractivity contribution in [3.05, 3.63) is 0 Å². The van der Waals surface area contributed by atoms with Crippen molar-refractivity contribution in [1.29, 1.82) is 0 Å². The third-order valence-electron chi connectivity index (χ3n) is 3.97. The van der Waals surface area contributed by atoms with Crippen LogP contribution in [0.1, 0.15) is 25.7 Å². The Morgan fingerprint density at radius 1 is 1.19 bits per heavy atom. The van der Waals surface area contributed by atoms with Gasteiger partial charge >= 0.3 is 0 Å². The fourth-order valence-corrected chi connectivity index (χ4v) is 2.90. The first-order valence-corrected chi connectivity index (χ1v) is 6.47. The van der Waals surface area contributed by atoms with E-state index in [2.05, 4.69) is 15.5 Å². The summed E-state index contributed by atoms with van der Waals surface area (Å²) in [5.41, 5.74) is 0. The van der Waals surface area contributed by atoms with E-state index in [1.54, 1.807) is 7.05 Å². The lowest BCUT2D eigenvalue weighted by Crippen LogP contribution is -2.48. The first kappa shape index (κ1) is 11.9. The van der Waals surface area contributed by atoms with Crippen LogP contribution in [0.4, 0.5) is 0 Å². The van der Waals surface area contributed by atoms with Crippen molar-refractivity contribution in [3.63, 3.8) is 0 Å². The molecule has 4 nitrogen and oxygen atoms in total. The number of nitrogens with zero attached hydrogens (tertiary/aromatic N) is 1. The van der Waals surface area contributed by atoms with E-state index in [-0.39, 0.29) is 11.8 Å². The molecule has 2 heterocycles. The minimum atomic E-state index is 0.227. The number of carbonyl (C=O) groups is 1. The van der Waals surface area contributed by atoms with Crippen molar-refractivity contribution < 1.29 is 4.79 Å². The van der Waals surface area contributed by atoms with Gasteiger partial charge in [0.1, 0.15) is 0 Å². The number of piperidine rings is 2. The molecule has 2 saturated heterocycles. The zero-order valence-corrected chi connectivity index (χ0v) is 10.2. The van der Waals surface area contributed by atoms with Gasteiger partial charge in [-0.2, -0.15) is 0 Å². The molecule has 1 amide bonds. The maximum Gasteiger partial charge on any atom is 0.222 e. The second-order valence-electron chi connectivity index (χ2n) is 4.91. The van der Waals surface area contributed by atoms with Crippen LogP contribution in [0.2, 0.25) is 0 Å². The Morgan fingerprint density at radius 3 is 2.38 bits per heavy atom. The minimum Gasteiger partial charge on any atom is -0.359 e. The second kappa shape index (κ2) is 5.64. The van der Waals surface area contributed by atoms with E-state index in [9.17, 15) is 4.79 Å². The minimum absolute atomic E-state index is 0.227. The summed E-state index contributed by atoms with van der Waals surface area (Å²) in [5.74, 6) is 0.480. The molecule has 0 spiro atoms. The van der Waals surface area contributed by atoms with Gasteiger partial charge in [0.25, 0.3) is 0 Å². The number of likely N-dealkylation sites (tertiary alicyclic amines) is 1. The predicted molar refractivity (Wildman–Crippen MR) is 64.3 cm³/mol. The summed E-state index contributed by atoms with van der Waals surface area (Å²) in [4.78, 5) is 14.1. The summed E-state index contributed by atoms with van der Waals surface area (Å²) in [5, 5.41) is 6.16. The predicted octanol–water partition coefficient (Wildman–Crippen LogP) is 0.196. The van der Waals surface area contributed by atoms with Gasteiger partial charge in [-0.05, 0) is 51.9 Å². The lowest BCUT2D eigenvalue weighted by molar-refractivity contribution is -0.126. The number of amides is 1. The van der Waals surface area contributed by atoms with Gasteiger partial charge < -0.3 is 15.5 Å². The molecule has 0 bridgehead atoms. The summed E-state index contributed by atoms with van der Waals surface area (Å²) in [6, 6.07) is 0.756. The molecule has 0 unspecified atom stereocenters. The number of carbonyl (C=O) groups excluding carboxylic acids is 1. The summed E-state index contributed by atoms with van der Waals surface area (Å²) in [6.45, 7) is 4.51. The molecule has 2 fully saturated rings. The zero-order valence-electron chi connectivity index (χ0n) is 10.2. The van der Waals surface area contributed by atoms with Gasteiger partial charge in [0.15, 0.2) is 0 Å². The summed E-state index contributed by atoms with van der Waals surface area (Å²) in [6.07, 6.45) is 4.60. The molecule has 92 valence electrons. The Balaban J connectivity index is 1.78. The molecular weight excluding hydrogens is 202 g/mol. The van der Waals surface area contributed by atoms with Gasteiger partial charge in [0.05, 0.1) is 0 Å². The largest absolute Gasteiger partial charge is 0.359 e. The molecule has 0 aromatic carbocycles. The molecule has 16 heavy (non-hydrogen) atoms. The van der Waals surface area contributed by atoms with Crippen LogP contribution in [0.15, 0.2) is 0 Å². The first-order chi connectivity index (χ1) is 7.81. The van der Waals surface area contributed by atoms with Crippen LogP contribution in [0, 0.1) is 5.92 Å². The van der Waals surface area contributed by atoms with Crippen LogP contribution in [0.5, 0.6) is 0 Å². The standard InChI is InChI=1S/C12H23N3O/c1-13-12(16)10-4-8-15(9-5-10)11-2-6-14-7-3-11/h10-11,14H,2-9H2,1H3,(H,13,16). The van der Waals surface area contributed by atoms with Gasteiger partial charge in [-0.1, -0.05) is 0 Å². The van der Waals surface area contributed by atoms with E-state index >= 15 is 0 Å². The maximum atomic E-state index is 11.5. The quantitative estimate of drug-likeness (QED) is 0.705. The Morgan fingerprint density at radius 2 is 1.81 bits per heavy atom. The lowest BCUT2D eigenvalue weighted by Gasteiger charge is -2.39. The first-order valence-electron chi connectivity index (χ1n) is 6.47. The van der Waals surface area contributed by atoms with Crippen molar-refractivity contribution in [3.8, 4) is 0 Å². The highest BCUT2D eigenvalue weighted by atomic mass is 16.1.